The summed E-state index contributed by atoms with van der Waals surface area (Å²) in [5, 5.41) is 6.66. The van der Waals surface area contributed by atoms with E-state index in [0.717, 1.165) is 18.8 Å². The molecule has 134 valence electrons. The van der Waals surface area contributed by atoms with E-state index in [4.69, 9.17) is 17.0 Å². The molecule has 0 radical (unpaired) electrons. The van der Waals surface area contributed by atoms with Crippen LogP contribution >= 0.6 is 12.2 Å². The van der Waals surface area contributed by atoms with Gasteiger partial charge in [0.05, 0.1) is 18.1 Å². The van der Waals surface area contributed by atoms with E-state index in [9.17, 15) is 8.42 Å². The van der Waals surface area contributed by atoms with Crippen molar-refractivity contribution in [1.82, 2.24) is 14.5 Å². The van der Waals surface area contributed by atoms with Gasteiger partial charge in [0.25, 0.3) is 0 Å². The lowest BCUT2D eigenvalue weighted by Crippen LogP contribution is -2.40. The van der Waals surface area contributed by atoms with Crippen LogP contribution in [0, 0.1) is 0 Å². The molecule has 1 aromatic carbocycles. The van der Waals surface area contributed by atoms with E-state index >= 15 is 0 Å². The molecule has 0 unspecified atom stereocenters. The molecule has 0 spiro atoms. The average Bonchev–Trinajstić information content (AvgIpc) is 2.56. The van der Waals surface area contributed by atoms with Crippen molar-refractivity contribution < 1.29 is 13.2 Å². The summed E-state index contributed by atoms with van der Waals surface area (Å²) in [6.07, 6.45) is 0. The van der Waals surface area contributed by atoms with E-state index in [2.05, 4.69) is 15.5 Å². The Labute approximate surface area is 149 Å². The summed E-state index contributed by atoms with van der Waals surface area (Å²) in [7, 11) is 0.524. The maximum Gasteiger partial charge on any atom is 0.243 e. The number of ether oxygens (including phenoxy) is 1. The molecule has 0 atom stereocenters. The molecule has 7 nitrogen and oxygen atoms in total. The summed E-state index contributed by atoms with van der Waals surface area (Å²) in [6.45, 7) is 3.27. The normalized spacial score (nSPS) is 16.1. The topological polar surface area (TPSA) is 73.9 Å². The lowest BCUT2D eigenvalue weighted by Gasteiger charge is -2.26. The molecule has 24 heavy (non-hydrogen) atoms. The molecule has 1 heterocycles. The molecule has 0 aromatic heterocycles. The van der Waals surface area contributed by atoms with Crippen molar-refractivity contribution in [3.8, 4) is 0 Å². The van der Waals surface area contributed by atoms with Crippen LogP contribution in [0.3, 0.4) is 0 Å². The van der Waals surface area contributed by atoms with E-state index < -0.39 is 10.0 Å². The van der Waals surface area contributed by atoms with Gasteiger partial charge in [-0.05, 0) is 50.6 Å². The van der Waals surface area contributed by atoms with Gasteiger partial charge in [-0.15, -0.1) is 0 Å². The highest BCUT2D eigenvalue weighted by Gasteiger charge is 2.26. The SMILES string of the molecule is CN(C)CCNC(=S)Nc1ccc(S(=O)(=O)N2CCOCC2)cc1. The zero-order chi connectivity index (χ0) is 17.6. The number of anilines is 1. The fourth-order valence-corrected chi connectivity index (χ4v) is 3.84. The second kappa shape index (κ2) is 8.72. The van der Waals surface area contributed by atoms with Crippen LogP contribution < -0.4 is 10.6 Å². The zero-order valence-electron chi connectivity index (χ0n) is 14.0. The minimum atomic E-state index is -3.46. The van der Waals surface area contributed by atoms with Gasteiger partial charge in [-0.3, -0.25) is 0 Å². The molecular weight excluding hydrogens is 348 g/mol. The van der Waals surface area contributed by atoms with Crippen LogP contribution in [0.2, 0.25) is 0 Å². The molecule has 0 amide bonds. The fourth-order valence-electron chi connectivity index (χ4n) is 2.21. The molecule has 0 bridgehead atoms. The molecule has 2 N–H and O–H groups in total. The highest BCUT2D eigenvalue weighted by molar-refractivity contribution is 7.89. The van der Waals surface area contributed by atoms with Gasteiger partial charge in [0.1, 0.15) is 0 Å². The number of likely N-dealkylation sites (N-methyl/N-ethyl adjacent to an activating group) is 1. The number of morpholine rings is 1. The second-order valence-corrected chi connectivity index (χ2v) is 8.07. The first-order valence-electron chi connectivity index (χ1n) is 7.77. The highest BCUT2D eigenvalue weighted by Crippen LogP contribution is 2.19. The number of nitrogens with one attached hydrogen (secondary N) is 2. The van der Waals surface area contributed by atoms with E-state index in [0.29, 0.717) is 31.4 Å². The van der Waals surface area contributed by atoms with Crippen molar-refractivity contribution in [2.45, 2.75) is 4.90 Å². The third-order valence-electron chi connectivity index (χ3n) is 3.56. The minimum absolute atomic E-state index is 0.279. The maximum atomic E-state index is 12.5. The predicted octanol–water partition coefficient (Wildman–Crippen LogP) is 0.556. The standard InChI is InChI=1S/C15H24N4O3S2/c1-18(2)8-7-16-15(23)17-13-3-5-14(6-4-13)24(20,21)19-9-11-22-12-10-19/h3-6H,7-12H2,1-2H3,(H2,16,17,23). The van der Waals surface area contributed by atoms with E-state index in [1.807, 2.05) is 14.1 Å². The van der Waals surface area contributed by atoms with Crippen molar-refractivity contribution in [2.75, 3.05) is 58.8 Å². The molecule has 0 aliphatic carbocycles. The fraction of sp³-hybridized carbons (Fsp3) is 0.533. The first kappa shape index (κ1) is 19.1. The summed E-state index contributed by atoms with van der Waals surface area (Å²) >= 11 is 5.22. The van der Waals surface area contributed by atoms with Gasteiger partial charge in [0, 0.05) is 31.9 Å². The summed E-state index contributed by atoms with van der Waals surface area (Å²) in [6, 6.07) is 6.62. The van der Waals surface area contributed by atoms with Crippen LogP contribution in [0.5, 0.6) is 0 Å². The summed E-state index contributed by atoms with van der Waals surface area (Å²) in [5.74, 6) is 0. The van der Waals surface area contributed by atoms with Crippen molar-refractivity contribution in [2.24, 2.45) is 0 Å². The maximum absolute atomic E-state index is 12.5. The van der Waals surface area contributed by atoms with Crippen LogP contribution in [0.4, 0.5) is 5.69 Å². The molecule has 1 aliphatic heterocycles. The van der Waals surface area contributed by atoms with Gasteiger partial charge in [0.15, 0.2) is 5.11 Å². The van der Waals surface area contributed by atoms with Crippen LogP contribution in [-0.4, -0.2) is 76.2 Å². The van der Waals surface area contributed by atoms with Gasteiger partial charge in [-0.25, -0.2) is 8.42 Å². The Kier molecular flexibility index (Phi) is 6.93. The summed E-state index contributed by atoms with van der Waals surface area (Å²) in [4.78, 5) is 2.34. The molecule has 1 saturated heterocycles. The quantitative estimate of drug-likeness (QED) is 0.707. The van der Waals surface area contributed by atoms with Gasteiger partial charge in [-0.2, -0.15) is 4.31 Å². The van der Waals surface area contributed by atoms with Crippen LogP contribution in [0.25, 0.3) is 0 Å². The number of nitrogens with zero attached hydrogens (tertiary/aromatic N) is 2. The third kappa shape index (κ3) is 5.38. The monoisotopic (exact) mass is 372 g/mol. The first-order valence-corrected chi connectivity index (χ1v) is 9.62. The van der Waals surface area contributed by atoms with Crippen LogP contribution in [0.15, 0.2) is 29.2 Å². The first-order chi connectivity index (χ1) is 11.4. The Bertz CT molecular complexity index is 641. The predicted molar refractivity (Wildman–Crippen MR) is 98.8 cm³/mol. The van der Waals surface area contributed by atoms with Gasteiger partial charge in [-0.1, -0.05) is 0 Å². The van der Waals surface area contributed by atoms with Crippen LogP contribution in [-0.2, 0) is 14.8 Å². The van der Waals surface area contributed by atoms with Gasteiger partial charge in [0.2, 0.25) is 10.0 Å². The number of hydrogen-bond donors (Lipinski definition) is 2. The average molecular weight is 373 g/mol. The Balaban J connectivity index is 1.93. The lowest BCUT2D eigenvalue weighted by atomic mass is 10.3. The van der Waals surface area contributed by atoms with Gasteiger partial charge < -0.3 is 20.3 Å². The van der Waals surface area contributed by atoms with Crippen molar-refractivity contribution in [1.29, 1.82) is 0 Å². The molecule has 1 aliphatic rings. The van der Waals surface area contributed by atoms with Crippen molar-refractivity contribution in [3.63, 3.8) is 0 Å². The zero-order valence-corrected chi connectivity index (χ0v) is 15.6. The van der Waals surface area contributed by atoms with Crippen molar-refractivity contribution >= 4 is 33.0 Å². The minimum Gasteiger partial charge on any atom is -0.379 e. The Morgan fingerprint density at radius 2 is 1.88 bits per heavy atom. The van der Waals surface area contributed by atoms with Gasteiger partial charge >= 0.3 is 0 Å². The largest absolute Gasteiger partial charge is 0.379 e. The molecule has 1 aromatic rings. The summed E-state index contributed by atoms with van der Waals surface area (Å²) in [5.41, 5.74) is 0.748. The van der Waals surface area contributed by atoms with E-state index in [1.54, 1.807) is 24.3 Å². The third-order valence-corrected chi connectivity index (χ3v) is 5.72. The molecule has 0 saturated carbocycles. The smallest absolute Gasteiger partial charge is 0.243 e. The molecular formula is C15H24N4O3S2. The van der Waals surface area contributed by atoms with Crippen molar-refractivity contribution in [3.05, 3.63) is 24.3 Å². The lowest BCUT2D eigenvalue weighted by molar-refractivity contribution is 0.0730. The van der Waals surface area contributed by atoms with E-state index in [-0.39, 0.29) is 4.90 Å². The number of sulfonamides is 1. The number of benzene rings is 1. The number of thiocarbonyl (C=S) groups is 1. The molecule has 2 rings (SSSR count). The molecule has 1 fully saturated rings. The Hall–Kier alpha value is -1.26. The van der Waals surface area contributed by atoms with E-state index in [1.165, 1.54) is 4.31 Å². The van der Waals surface area contributed by atoms with Crippen LogP contribution in [0.1, 0.15) is 0 Å². The summed E-state index contributed by atoms with van der Waals surface area (Å²) < 4.78 is 31.7. The Morgan fingerprint density at radius 3 is 2.46 bits per heavy atom. The Morgan fingerprint density at radius 1 is 1.25 bits per heavy atom. The number of hydrogen-bond acceptors (Lipinski definition) is 5. The second-order valence-electron chi connectivity index (χ2n) is 5.73. The number of rotatable bonds is 6. The highest BCUT2D eigenvalue weighted by atomic mass is 32.2. The molecule has 9 heteroatoms.